The summed E-state index contributed by atoms with van der Waals surface area (Å²) in [6.07, 6.45) is 3.49. The van der Waals surface area contributed by atoms with Crippen LogP contribution in [0.2, 0.25) is 0 Å². The van der Waals surface area contributed by atoms with Crippen molar-refractivity contribution in [1.82, 2.24) is 9.97 Å². The van der Waals surface area contributed by atoms with Gasteiger partial charge >= 0.3 is 11.5 Å². The number of aryl methyl sites for hydroxylation is 1. The van der Waals surface area contributed by atoms with Crippen LogP contribution in [-0.2, 0) is 24.0 Å². The minimum absolute atomic E-state index is 0.0589. The largest absolute Gasteiger partial charge is 0.462 e. The van der Waals surface area contributed by atoms with Gasteiger partial charge < -0.3 is 14.4 Å². The lowest BCUT2D eigenvalue weighted by molar-refractivity contribution is -0.0324. The maximum atomic E-state index is 13.3. The molecule has 2 aromatic rings. The molecule has 0 bridgehead atoms. The molecule has 0 radical (unpaired) electrons. The maximum absolute atomic E-state index is 13.3. The van der Waals surface area contributed by atoms with Gasteiger partial charge in [-0.1, -0.05) is 55.4 Å². The number of carbonyl (C=O) groups excluding carboxylic acids is 1. The van der Waals surface area contributed by atoms with E-state index in [1.54, 1.807) is 12.1 Å². The number of anilines is 2. The van der Waals surface area contributed by atoms with Crippen LogP contribution in [-0.4, -0.2) is 41.1 Å². The number of fused-ring (bicyclic) bond motifs is 1. The van der Waals surface area contributed by atoms with E-state index >= 15 is 0 Å². The van der Waals surface area contributed by atoms with Gasteiger partial charge in [0.1, 0.15) is 11.3 Å². The van der Waals surface area contributed by atoms with Crippen molar-refractivity contribution in [3.8, 4) is 0 Å². The third-order valence-electron chi connectivity index (χ3n) is 6.90. The molecule has 0 amide bonds. The highest BCUT2D eigenvalue weighted by molar-refractivity contribution is 8.01. The van der Waals surface area contributed by atoms with Gasteiger partial charge in [-0.25, -0.2) is 14.8 Å². The summed E-state index contributed by atoms with van der Waals surface area (Å²) in [4.78, 5) is 24.7. The molecule has 0 atom stereocenters. The molecule has 1 aromatic heterocycles. The van der Waals surface area contributed by atoms with E-state index < -0.39 is 11.5 Å². The van der Waals surface area contributed by atoms with Crippen molar-refractivity contribution in [2.24, 2.45) is 33.9 Å². The number of azo groups is 1. The number of carbonyl (C=O) groups is 1. The fourth-order valence-corrected chi connectivity index (χ4v) is 5.44. The Balaban J connectivity index is 2.07. The number of nitrogens with zero attached hydrogens (tertiary/aromatic N) is 5. The van der Waals surface area contributed by atoms with Gasteiger partial charge in [0.15, 0.2) is 0 Å². The minimum Gasteiger partial charge on any atom is -0.462 e. The monoisotopic (exact) mass is 636 g/mol. The summed E-state index contributed by atoms with van der Waals surface area (Å²) in [5, 5.41) is 8.70. The summed E-state index contributed by atoms with van der Waals surface area (Å²) in [7, 11) is 0. The molecule has 244 valence electrons. The Hall–Kier alpha value is -2.89. The van der Waals surface area contributed by atoms with Crippen LogP contribution in [0.25, 0.3) is 0 Å². The molecule has 0 fully saturated rings. The Morgan fingerprint density at radius 2 is 1.61 bits per heavy atom. The van der Waals surface area contributed by atoms with Gasteiger partial charge in [0.25, 0.3) is 5.95 Å². The topological polar surface area (TPSA) is 92.1 Å². The van der Waals surface area contributed by atoms with E-state index in [0.29, 0.717) is 48.2 Å². The van der Waals surface area contributed by atoms with Gasteiger partial charge in [-0.15, -0.1) is 10.2 Å². The van der Waals surface area contributed by atoms with Gasteiger partial charge in [0.2, 0.25) is 0 Å². The summed E-state index contributed by atoms with van der Waals surface area (Å²) in [5.74, 6) is 0.777. The van der Waals surface area contributed by atoms with Crippen LogP contribution in [0.15, 0.2) is 22.4 Å². The molecule has 0 saturated heterocycles. The molecule has 44 heavy (non-hydrogen) atoms. The third kappa shape index (κ3) is 10.9. The van der Waals surface area contributed by atoms with E-state index in [9.17, 15) is 18.0 Å². The number of rotatable bonds is 14. The molecule has 0 aliphatic carbocycles. The number of hydrogen-bond donors (Lipinski definition) is 1. The van der Waals surface area contributed by atoms with Crippen LogP contribution in [0, 0.1) is 23.7 Å². The van der Waals surface area contributed by atoms with Crippen LogP contribution in [0.5, 0.6) is 0 Å². The van der Waals surface area contributed by atoms with E-state index in [0.717, 1.165) is 43.6 Å². The molecule has 12 heteroatoms. The lowest BCUT2D eigenvalue weighted by Crippen LogP contribution is -2.32. The molecule has 0 spiro atoms. The Kier molecular flexibility index (Phi) is 12.9. The van der Waals surface area contributed by atoms with Crippen molar-refractivity contribution >= 4 is 40.9 Å². The van der Waals surface area contributed by atoms with Crippen molar-refractivity contribution in [1.29, 1.82) is 0 Å². The number of ether oxygens (including phenoxy) is 1. The normalized spacial score (nSPS) is 13.9. The summed E-state index contributed by atoms with van der Waals surface area (Å²) in [5.41, 5.74) is -0.645. The predicted molar refractivity (Wildman–Crippen MR) is 172 cm³/mol. The fourth-order valence-electron chi connectivity index (χ4n) is 5.06. The summed E-state index contributed by atoms with van der Waals surface area (Å²) >= 11 is -0.333. The smallest absolute Gasteiger partial charge is 0.461 e. The standard InChI is InChI=1S/C32H47F3N6O2S/c1-19(2)11-13-43-30(42)29-26(14-20(3)4)36-31(37-27(29)15-21(5)6)39-38-24-16-23-10-9-12-41(18-22(7)8)28(23)17-25(24)40-44-32(33,34)35/h16-17,19-22,40H,9-15,18H2,1-8H3. The van der Waals surface area contributed by atoms with Crippen molar-refractivity contribution in [2.45, 2.75) is 93.0 Å². The molecule has 2 heterocycles. The molecule has 1 aliphatic rings. The van der Waals surface area contributed by atoms with E-state index in [4.69, 9.17) is 4.74 Å². The van der Waals surface area contributed by atoms with Gasteiger partial charge in [0.05, 0.1) is 35.6 Å². The zero-order valence-corrected chi connectivity index (χ0v) is 28.0. The number of alkyl halides is 3. The maximum Gasteiger partial charge on any atom is 0.461 e. The highest BCUT2D eigenvalue weighted by Gasteiger charge is 2.30. The van der Waals surface area contributed by atoms with Crippen LogP contribution >= 0.6 is 11.9 Å². The first-order valence-corrected chi connectivity index (χ1v) is 16.4. The first-order chi connectivity index (χ1) is 20.6. The molecular formula is C32H47F3N6O2S. The summed E-state index contributed by atoms with van der Waals surface area (Å²) < 4.78 is 47.7. The number of nitrogens with one attached hydrogen (secondary N) is 1. The number of aromatic nitrogens is 2. The van der Waals surface area contributed by atoms with E-state index in [1.807, 2.05) is 27.7 Å². The lowest BCUT2D eigenvalue weighted by Gasteiger charge is -2.33. The van der Waals surface area contributed by atoms with Crippen molar-refractivity contribution in [2.75, 3.05) is 29.3 Å². The quantitative estimate of drug-likeness (QED) is 0.125. The molecule has 1 aromatic carbocycles. The first kappa shape index (κ1) is 35.6. The Morgan fingerprint density at radius 3 is 2.16 bits per heavy atom. The average Bonchev–Trinajstić information content (AvgIpc) is 2.89. The Bertz CT molecular complexity index is 1270. The van der Waals surface area contributed by atoms with E-state index in [2.05, 4.69) is 57.5 Å². The average molecular weight is 637 g/mol. The molecule has 3 rings (SSSR count). The molecule has 0 unspecified atom stereocenters. The van der Waals surface area contributed by atoms with Crippen molar-refractivity contribution in [3.63, 3.8) is 0 Å². The SMILES string of the molecule is CC(C)CCOC(=O)c1c(CC(C)C)nc(N=Nc2cc3c(cc2NSC(F)(F)F)N(CC(C)C)CCC3)nc1CC(C)C. The number of hydrogen-bond acceptors (Lipinski definition) is 9. The fraction of sp³-hybridized carbons (Fsp3) is 0.656. The number of halogens is 3. The van der Waals surface area contributed by atoms with Crippen LogP contribution in [0.3, 0.4) is 0 Å². The Labute approximate surface area is 264 Å². The molecule has 8 nitrogen and oxygen atoms in total. The number of esters is 1. The zero-order chi connectivity index (χ0) is 32.6. The second-order valence-electron chi connectivity index (χ2n) is 13.1. The summed E-state index contributed by atoms with van der Waals surface area (Å²) in [6.45, 7) is 18.5. The Morgan fingerprint density at radius 1 is 0.977 bits per heavy atom. The van der Waals surface area contributed by atoms with E-state index in [-0.39, 0.29) is 41.1 Å². The van der Waals surface area contributed by atoms with Gasteiger partial charge in [-0.2, -0.15) is 13.2 Å². The lowest BCUT2D eigenvalue weighted by atomic mass is 9.98. The summed E-state index contributed by atoms with van der Waals surface area (Å²) in [6, 6.07) is 3.53. The van der Waals surface area contributed by atoms with Gasteiger partial charge in [-0.05, 0) is 73.5 Å². The van der Waals surface area contributed by atoms with Crippen LogP contribution < -0.4 is 9.62 Å². The molecule has 1 aliphatic heterocycles. The zero-order valence-electron chi connectivity index (χ0n) is 27.2. The second kappa shape index (κ2) is 15.9. The van der Waals surface area contributed by atoms with E-state index in [1.165, 1.54) is 0 Å². The predicted octanol–water partition coefficient (Wildman–Crippen LogP) is 9.48. The molecule has 0 saturated carbocycles. The van der Waals surface area contributed by atoms with Gasteiger partial charge in [-0.3, -0.25) is 0 Å². The van der Waals surface area contributed by atoms with Crippen molar-refractivity contribution in [3.05, 3.63) is 34.6 Å². The molecular weight excluding hydrogens is 589 g/mol. The van der Waals surface area contributed by atoms with Gasteiger partial charge in [0, 0.05) is 18.8 Å². The highest BCUT2D eigenvalue weighted by atomic mass is 32.2. The van der Waals surface area contributed by atoms with Crippen molar-refractivity contribution < 1.29 is 22.7 Å². The van der Waals surface area contributed by atoms with Crippen LogP contribution in [0.1, 0.15) is 95.5 Å². The second-order valence-corrected chi connectivity index (χ2v) is 14.0. The third-order valence-corrected chi connectivity index (χ3v) is 7.46. The number of benzene rings is 1. The highest BCUT2D eigenvalue weighted by Crippen LogP contribution is 2.41. The first-order valence-electron chi connectivity index (χ1n) is 15.5. The molecule has 1 N–H and O–H groups in total. The minimum atomic E-state index is -4.48. The van der Waals surface area contributed by atoms with Crippen LogP contribution in [0.4, 0.5) is 36.2 Å².